The molecule has 4 nitrogen and oxygen atoms in total. The van der Waals surface area contributed by atoms with Crippen LogP contribution in [0.25, 0.3) is 0 Å². The molecule has 0 aliphatic heterocycles. The maximum atomic E-state index is 11.7. The molecule has 0 radical (unpaired) electrons. The molecular weight excluding hydrogens is 200 g/mol. The van der Waals surface area contributed by atoms with Crippen LogP contribution < -0.4 is 10.5 Å². The number of hydrogen-bond acceptors (Lipinski definition) is 3. The molecule has 0 aromatic heterocycles. The van der Waals surface area contributed by atoms with E-state index in [1.807, 2.05) is 13.8 Å². The largest absolute Gasteiger partial charge is 0.324 e. The lowest BCUT2D eigenvalue weighted by Gasteiger charge is -2.20. The van der Waals surface area contributed by atoms with Gasteiger partial charge in [-0.15, -0.1) is 0 Å². The van der Waals surface area contributed by atoms with Crippen molar-refractivity contribution < 1.29 is 8.42 Å². The number of sulfonamides is 1. The molecule has 1 saturated carbocycles. The molecular formula is C9H20N2O2S. The Morgan fingerprint density at radius 2 is 1.86 bits per heavy atom. The number of rotatable bonds is 4. The van der Waals surface area contributed by atoms with E-state index in [0.717, 1.165) is 25.7 Å². The van der Waals surface area contributed by atoms with Crippen LogP contribution in [0.2, 0.25) is 0 Å². The molecule has 0 atom stereocenters. The van der Waals surface area contributed by atoms with E-state index in [1.165, 1.54) is 0 Å². The molecule has 0 bridgehead atoms. The van der Waals surface area contributed by atoms with Crippen LogP contribution in [0.5, 0.6) is 0 Å². The maximum Gasteiger partial charge on any atom is 0.214 e. The maximum absolute atomic E-state index is 11.7. The summed E-state index contributed by atoms with van der Waals surface area (Å²) in [5.74, 6) is 0. The molecule has 0 spiro atoms. The standard InChI is InChI=1S/C9H20N2O2S/c1-9(2,10)7-11-14(12,13)8-5-3-4-6-8/h8,11H,3-7,10H2,1-2H3. The molecule has 0 aromatic carbocycles. The fourth-order valence-electron chi connectivity index (χ4n) is 1.60. The van der Waals surface area contributed by atoms with Gasteiger partial charge in [0, 0.05) is 12.1 Å². The summed E-state index contributed by atoms with van der Waals surface area (Å²) in [6.45, 7) is 3.93. The molecule has 1 aliphatic carbocycles. The zero-order valence-electron chi connectivity index (χ0n) is 8.91. The van der Waals surface area contributed by atoms with Gasteiger partial charge >= 0.3 is 0 Å². The molecule has 14 heavy (non-hydrogen) atoms. The van der Waals surface area contributed by atoms with E-state index in [2.05, 4.69) is 4.72 Å². The van der Waals surface area contributed by atoms with Crippen molar-refractivity contribution in [1.29, 1.82) is 0 Å². The fraction of sp³-hybridized carbons (Fsp3) is 1.00. The second-order valence-electron chi connectivity index (χ2n) is 4.76. The Morgan fingerprint density at radius 1 is 1.36 bits per heavy atom. The molecule has 0 saturated heterocycles. The predicted octanol–water partition coefficient (Wildman–Crippen LogP) is 0.586. The predicted molar refractivity (Wildman–Crippen MR) is 57.4 cm³/mol. The smallest absolute Gasteiger partial charge is 0.214 e. The van der Waals surface area contributed by atoms with Gasteiger partial charge in [0.1, 0.15) is 0 Å². The van der Waals surface area contributed by atoms with Gasteiger partial charge in [-0.3, -0.25) is 0 Å². The summed E-state index contributed by atoms with van der Waals surface area (Å²) >= 11 is 0. The van der Waals surface area contributed by atoms with E-state index in [9.17, 15) is 8.42 Å². The van der Waals surface area contributed by atoms with Crippen molar-refractivity contribution in [3.8, 4) is 0 Å². The summed E-state index contributed by atoms with van der Waals surface area (Å²) in [7, 11) is -3.12. The SMILES string of the molecule is CC(C)(N)CNS(=O)(=O)C1CCCC1. The molecule has 0 amide bonds. The first-order valence-electron chi connectivity index (χ1n) is 5.09. The molecule has 1 fully saturated rings. The monoisotopic (exact) mass is 220 g/mol. The van der Waals surface area contributed by atoms with E-state index in [-0.39, 0.29) is 5.25 Å². The Morgan fingerprint density at radius 3 is 2.29 bits per heavy atom. The molecule has 3 N–H and O–H groups in total. The highest BCUT2D eigenvalue weighted by Gasteiger charge is 2.29. The van der Waals surface area contributed by atoms with E-state index in [4.69, 9.17) is 5.73 Å². The molecule has 0 aromatic rings. The Kier molecular flexibility index (Phi) is 3.55. The Labute approximate surface area is 86.3 Å². The first-order valence-corrected chi connectivity index (χ1v) is 6.63. The van der Waals surface area contributed by atoms with Crippen LogP contribution in [-0.4, -0.2) is 25.8 Å². The normalized spacial score (nSPS) is 20.2. The van der Waals surface area contributed by atoms with Gasteiger partial charge in [-0.25, -0.2) is 13.1 Å². The van der Waals surface area contributed by atoms with Crippen molar-refractivity contribution in [2.45, 2.75) is 50.3 Å². The summed E-state index contributed by atoms with van der Waals surface area (Å²) < 4.78 is 26.0. The van der Waals surface area contributed by atoms with E-state index >= 15 is 0 Å². The van der Waals surface area contributed by atoms with Gasteiger partial charge in [-0.2, -0.15) is 0 Å². The van der Waals surface area contributed by atoms with Crippen molar-refractivity contribution in [3.63, 3.8) is 0 Å². The van der Waals surface area contributed by atoms with Gasteiger partial charge < -0.3 is 5.73 Å². The highest BCUT2D eigenvalue weighted by atomic mass is 32.2. The van der Waals surface area contributed by atoms with Crippen LogP contribution in [0.1, 0.15) is 39.5 Å². The quantitative estimate of drug-likeness (QED) is 0.728. The molecule has 84 valence electrons. The molecule has 0 unspecified atom stereocenters. The zero-order valence-corrected chi connectivity index (χ0v) is 9.73. The van der Waals surface area contributed by atoms with Gasteiger partial charge in [-0.1, -0.05) is 12.8 Å². The van der Waals surface area contributed by atoms with Gasteiger partial charge in [0.2, 0.25) is 10.0 Å². The van der Waals surface area contributed by atoms with Crippen LogP contribution in [0.4, 0.5) is 0 Å². The minimum atomic E-state index is -3.12. The van der Waals surface area contributed by atoms with E-state index in [0.29, 0.717) is 6.54 Å². The lowest BCUT2D eigenvalue weighted by molar-refractivity contribution is 0.493. The molecule has 1 aliphatic rings. The van der Waals surface area contributed by atoms with Crippen molar-refractivity contribution >= 4 is 10.0 Å². The fourth-order valence-corrected chi connectivity index (χ4v) is 3.37. The second-order valence-corrected chi connectivity index (χ2v) is 6.81. The van der Waals surface area contributed by atoms with Crippen molar-refractivity contribution in [2.75, 3.05) is 6.54 Å². The molecule has 5 heteroatoms. The zero-order chi connectivity index (χ0) is 10.8. The third-order valence-electron chi connectivity index (χ3n) is 2.47. The van der Waals surface area contributed by atoms with E-state index in [1.54, 1.807) is 0 Å². The third-order valence-corrected chi connectivity index (χ3v) is 4.37. The van der Waals surface area contributed by atoms with E-state index < -0.39 is 15.6 Å². The van der Waals surface area contributed by atoms with Crippen LogP contribution in [0.15, 0.2) is 0 Å². The number of nitrogens with one attached hydrogen (secondary N) is 1. The highest BCUT2D eigenvalue weighted by Crippen LogP contribution is 2.23. The minimum Gasteiger partial charge on any atom is -0.324 e. The Bertz CT molecular complexity index is 274. The first kappa shape index (κ1) is 11.9. The highest BCUT2D eigenvalue weighted by molar-refractivity contribution is 7.90. The minimum absolute atomic E-state index is 0.190. The topological polar surface area (TPSA) is 72.2 Å². The summed E-state index contributed by atoms with van der Waals surface area (Å²) in [5.41, 5.74) is 5.23. The first-order chi connectivity index (χ1) is 6.31. The lowest BCUT2D eigenvalue weighted by atomic mass is 10.1. The molecule has 0 heterocycles. The third kappa shape index (κ3) is 3.55. The average molecular weight is 220 g/mol. The van der Waals surface area contributed by atoms with Crippen molar-refractivity contribution in [2.24, 2.45) is 5.73 Å². The summed E-state index contributed by atoms with van der Waals surface area (Å²) in [6.07, 6.45) is 3.63. The van der Waals surface area contributed by atoms with Crippen LogP contribution >= 0.6 is 0 Å². The number of nitrogens with two attached hydrogens (primary N) is 1. The Balaban J connectivity index is 2.50. The Hall–Kier alpha value is -0.130. The lowest BCUT2D eigenvalue weighted by Crippen LogP contribution is -2.47. The summed E-state index contributed by atoms with van der Waals surface area (Å²) in [4.78, 5) is 0. The van der Waals surface area contributed by atoms with Crippen LogP contribution in [0.3, 0.4) is 0 Å². The average Bonchev–Trinajstić information content (AvgIpc) is 2.52. The van der Waals surface area contributed by atoms with Gasteiger partial charge in [-0.05, 0) is 26.7 Å². The van der Waals surface area contributed by atoms with Crippen LogP contribution in [-0.2, 0) is 10.0 Å². The molecule has 1 rings (SSSR count). The van der Waals surface area contributed by atoms with Crippen molar-refractivity contribution in [1.82, 2.24) is 4.72 Å². The van der Waals surface area contributed by atoms with Crippen molar-refractivity contribution in [3.05, 3.63) is 0 Å². The second kappa shape index (κ2) is 4.16. The number of hydrogen-bond donors (Lipinski definition) is 2. The van der Waals surface area contributed by atoms with Gasteiger partial charge in [0.15, 0.2) is 0 Å². The van der Waals surface area contributed by atoms with Crippen LogP contribution in [0, 0.1) is 0 Å². The van der Waals surface area contributed by atoms with Gasteiger partial charge in [0.25, 0.3) is 0 Å². The summed E-state index contributed by atoms with van der Waals surface area (Å²) in [6, 6.07) is 0. The summed E-state index contributed by atoms with van der Waals surface area (Å²) in [5, 5.41) is -0.190. The van der Waals surface area contributed by atoms with Gasteiger partial charge in [0.05, 0.1) is 5.25 Å².